The third-order valence-electron chi connectivity index (χ3n) is 3.70. The molecule has 2 aromatic carbocycles. The zero-order chi connectivity index (χ0) is 22.9. The number of halogens is 5. The molecule has 0 bridgehead atoms. The number of allylic oxidation sites excluding steroid dienone is 2. The van der Waals surface area contributed by atoms with Gasteiger partial charge >= 0.3 is 5.97 Å². The van der Waals surface area contributed by atoms with E-state index < -0.39 is 5.97 Å². The van der Waals surface area contributed by atoms with E-state index >= 15 is 0 Å². The molecule has 0 radical (unpaired) electrons. The Kier molecular flexibility index (Phi) is 13.6. The molecule has 0 saturated carbocycles. The maximum absolute atomic E-state index is 11.9. The molecule has 0 amide bonds. The molecule has 162 valence electrons. The van der Waals surface area contributed by atoms with E-state index in [9.17, 15) is 9.18 Å². The van der Waals surface area contributed by atoms with Crippen LogP contribution < -0.4 is 4.90 Å². The first-order valence-electron chi connectivity index (χ1n) is 8.32. The lowest BCUT2D eigenvalue weighted by Crippen LogP contribution is -2.07. The molecule has 0 aromatic heterocycles. The fourth-order valence-electron chi connectivity index (χ4n) is 2.37. The van der Waals surface area contributed by atoms with Crippen LogP contribution in [0.5, 0.6) is 0 Å². The van der Waals surface area contributed by atoms with Crippen LogP contribution in [0, 0.1) is 0 Å². The quantitative estimate of drug-likeness (QED) is 0.345. The average molecular weight is 428 g/mol. The second-order valence-corrected chi connectivity index (χ2v) is 5.61. The van der Waals surface area contributed by atoms with Crippen molar-refractivity contribution in [3.63, 3.8) is 0 Å². The zero-order valence-corrected chi connectivity index (χ0v) is 16.5. The van der Waals surface area contributed by atoms with Gasteiger partial charge < -0.3 is 9.74 Å². The van der Waals surface area contributed by atoms with Gasteiger partial charge in [0.05, 0.1) is 12.8 Å². The number of hydrogen-bond acceptors (Lipinski definition) is 4. The number of hydrogen-bond donors (Lipinski definition) is 0. The lowest BCUT2D eigenvalue weighted by atomic mass is 10.0. The molecule has 0 aliphatic carbocycles. The minimum absolute atomic E-state index is 0.429. The van der Waals surface area contributed by atoms with E-state index in [0.717, 1.165) is 16.8 Å². The second-order valence-electron chi connectivity index (χ2n) is 5.61. The summed E-state index contributed by atoms with van der Waals surface area (Å²) in [5.41, 5.74) is 4.08. The minimum atomic E-state index is -0.429. The summed E-state index contributed by atoms with van der Waals surface area (Å²) in [5, 5.41) is 3.88. The van der Waals surface area contributed by atoms with Crippen LogP contribution in [0.15, 0.2) is 77.5 Å². The molecule has 1 heterocycles. The Labute approximate surface area is 171 Å². The number of anilines is 1. The summed E-state index contributed by atoms with van der Waals surface area (Å²) >= 11 is 0. The van der Waals surface area contributed by atoms with Gasteiger partial charge in [0.1, 0.15) is 5.71 Å². The molecular formula is C21H21F5N2O2. The molecule has 2 aromatic rings. The van der Waals surface area contributed by atoms with Crippen LogP contribution in [0.25, 0.3) is 6.08 Å². The molecule has 1 aliphatic rings. The van der Waals surface area contributed by atoms with Crippen LogP contribution in [-0.2, 0) is 9.63 Å². The highest BCUT2D eigenvalue weighted by Gasteiger charge is 2.25. The van der Waals surface area contributed by atoms with Gasteiger partial charge in [-0.1, -0.05) is 59.8 Å². The first kappa shape index (κ1) is 26.5. The number of alkyl halides is 1. The Hall–Kier alpha value is -3.49. The van der Waals surface area contributed by atoms with E-state index in [4.69, 9.17) is 23.1 Å². The standard InChI is InChI=1S/C20H18N2O2.CH3F.2F2/c1-22(2)17-13-11-15(12-14-17)7-6-10-18-19(21-24-20(18)23)16-8-4-3-5-9-16;3*1-2/h3-14H,1-2H3;1H3;;. The number of carbonyl (C=O) groups excluding carboxylic acids is 1. The van der Waals surface area contributed by atoms with E-state index in [1.807, 2.05) is 85.7 Å². The smallest absolute Gasteiger partial charge is 0.368 e. The van der Waals surface area contributed by atoms with E-state index in [1.165, 1.54) is 0 Å². The van der Waals surface area contributed by atoms with Crippen molar-refractivity contribution < 1.29 is 32.3 Å². The molecule has 3 rings (SSSR count). The predicted octanol–water partition coefficient (Wildman–Crippen LogP) is 5.92. The fourth-order valence-corrected chi connectivity index (χ4v) is 2.37. The van der Waals surface area contributed by atoms with Crippen molar-refractivity contribution in [3.8, 4) is 0 Å². The van der Waals surface area contributed by atoms with Crippen molar-refractivity contribution in [1.29, 1.82) is 0 Å². The first-order valence-corrected chi connectivity index (χ1v) is 8.32. The molecule has 0 saturated heterocycles. The van der Waals surface area contributed by atoms with Crippen molar-refractivity contribution in [2.75, 3.05) is 26.2 Å². The van der Waals surface area contributed by atoms with Gasteiger partial charge in [-0.3, -0.25) is 4.39 Å². The van der Waals surface area contributed by atoms with Gasteiger partial charge in [0, 0.05) is 43.6 Å². The van der Waals surface area contributed by atoms with Gasteiger partial charge in [-0.15, -0.1) is 0 Å². The molecule has 0 spiro atoms. The highest BCUT2D eigenvalue weighted by molar-refractivity contribution is 6.29. The van der Waals surface area contributed by atoms with Crippen LogP contribution in [0.2, 0.25) is 0 Å². The van der Waals surface area contributed by atoms with Crippen LogP contribution in [0.4, 0.5) is 28.4 Å². The largest absolute Gasteiger partial charge is 0.378 e. The highest BCUT2D eigenvalue weighted by Crippen LogP contribution is 2.18. The SMILES string of the molecule is CF.CN(C)c1ccc(C=CC=C2C(=O)ON=C2c2ccccc2)cc1.FF.FF. The molecule has 30 heavy (non-hydrogen) atoms. The molecule has 0 atom stereocenters. The van der Waals surface area contributed by atoms with Gasteiger partial charge in [0.25, 0.3) is 0 Å². The Morgan fingerprint density at radius 3 is 2.00 bits per heavy atom. The minimum Gasteiger partial charge on any atom is -0.378 e. The lowest BCUT2D eigenvalue weighted by Gasteiger charge is -2.11. The maximum Gasteiger partial charge on any atom is 0.368 e. The van der Waals surface area contributed by atoms with Crippen molar-refractivity contribution in [3.05, 3.63) is 83.4 Å². The number of carbonyl (C=O) groups is 1. The summed E-state index contributed by atoms with van der Waals surface area (Å²) < 4.78 is 41.5. The number of oxime groups is 1. The molecular weight excluding hydrogens is 407 g/mol. The predicted molar refractivity (Wildman–Crippen MR) is 108 cm³/mol. The average Bonchev–Trinajstić information content (AvgIpc) is 3.19. The summed E-state index contributed by atoms with van der Waals surface area (Å²) in [5.74, 6) is -0.429. The fraction of sp³-hybridized carbons (Fsp3) is 0.143. The molecule has 4 nitrogen and oxygen atoms in total. The summed E-state index contributed by atoms with van der Waals surface area (Å²) in [4.78, 5) is 18.7. The third kappa shape index (κ3) is 7.86. The first-order chi connectivity index (χ1) is 14.6. The molecule has 0 N–H and O–H groups in total. The van der Waals surface area contributed by atoms with Crippen molar-refractivity contribution >= 4 is 23.4 Å². The zero-order valence-electron chi connectivity index (χ0n) is 16.5. The van der Waals surface area contributed by atoms with Gasteiger partial charge in [-0.2, -0.15) is 0 Å². The third-order valence-corrected chi connectivity index (χ3v) is 3.70. The Morgan fingerprint density at radius 1 is 0.900 bits per heavy atom. The van der Waals surface area contributed by atoms with E-state index in [2.05, 4.69) is 5.16 Å². The summed E-state index contributed by atoms with van der Waals surface area (Å²) in [6.07, 6.45) is 5.52. The van der Waals surface area contributed by atoms with Crippen LogP contribution in [0.3, 0.4) is 0 Å². The van der Waals surface area contributed by atoms with Crippen molar-refractivity contribution in [1.82, 2.24) is 0 Å². The van der Waals surface area contributed by atoms with Crippen molar-refractivity contribution in [2.45, 2.75) is 0 Å². The number of rotatable bonds is 4. The van der Waals surface area contributed by atoms with Crippen LogP contribution in [0.1, 0.15) is 11.1 Å². The second kappa shape index (κ2) is 15.4. The van der Waals surface area contributed by atoms with Gasteiger partial charge in [0.15, 0.2) is 0 Å². The Balaban J connectivity index is 0.00000129. The lowest BCUT2D eigenvalue weighted by molar-refractivity contribution is -0.136. The number of nitrogens with zero attached hydrogens (tertiary/aromatic N) is 2. The molecule has 9 heteroatoms. The Morgan fingerprint density at radius 2 is 1.47 bits per heavy atom. The highest BCUT2D eigenvalue weighted by atomic mass is 20.0. The van der Waals surface area contributed by atoms with Gasteiger partial charge in [-0.05, 0) is 23.8 Å². The monoisotopic (exact) mass is 428 g/mol. The molecule has 0 unspecified atom stereocenters. The Bertz CT molecular complexity index is 836. The maximum atomic E-state index is 11.9. The van der Waals surface area contributed by atoms with Gasteiger partial charge in [-0.25, -0.2) is 4.79 Å². The normalized spacial score (nSPS) is 13.1. The van der Waals surface area contributed by atoms with Gasteiger partial charge in [0.2, 0.25) is 0 Å². The van der Waals surface area contributed by atoms with E-state index in [0.29, 0.717) is 18.5 Å². The molecule has 1 aliphatic heterocycles. The number of benzene rings is 2. The van der Waals surface area contributed by atoms with E-state index in [1.54, 1.807) is 6.08 Å². The summed E-state index contributed by atoms with van der Waals surface area (Å²) in [7, 11) is 4.51. The van der Waals surface area contributed by atoms with Crippen molar-refractivity contribution in [2.24, 2.45) is 5.16 Å². The summed E-state index contributed by atoms with van der Waals surface area (Å²) in [6, 6.07) is 17.7. The molecule has 0 fully saturated rings. The summed E-state index contributed by atoms with van der Waals surface area (Å²) in [6.45, 7) is 0. The van der Waals surface area contributed by atoms with Crippen LogP contribution >= 0.6 is 0 Å². The van der Waals surface area contributed by atoms with E-state index in [-0.39, 0.29) is 0 Å². The topological polar surface area (TPSA) is 41.9 Å². The van der Waals surface area contributed by atoms with Crippen LogP contribution in [-0.4, -0.2) is 33.0 Å².